The molecular weight excluding hydrogens is 202 g/mol. The van der Waals surface area contributed by atoms with E-state index in [-0.39, 0.29) is 6.04 Å². The van der Waals surface area contributed by atoms with Crippen molar-refractivity contribution in [3.63, 3.8) is 0 Å². The molecule has 4 nitrogen and oxygen atoms in total. The fraction of sp³-hybridized carbons (Fsp3) is 0.583. The van der Waals surface area contributed by atoms with Crippen LogP contribution in [0, 0.1) is 13.8 Å². The molecule has 1 atom stereocenters. The molecule has 0 saturated heterocycles. The van der Waals surface area contributed by atoms with Crippen LogP contribution in [0.1, 0.15) is 36.9 Å². The number of hydrogen-bond acceptors (Lipinski definition) is 4. The number of rotatable bonds is 2. The zero-order valence-corrected chi connectivity index (χ0v) is 9.79. The van der Waals surface area contributed by atoms with Gasteiger partial charge in [-0.2, -0.15) is 5.10 Å². The fourth-order valence-electron chi connectivity index (χ4n) is 1.93. The minimum Gasteiger partial charge on any atom is -0.359 e. The number of anilines is 1. The van der Waals surface area contributed by atoms with Crippen molar-refractivity contribution in [1.82, 2.24) is 10.2 Å². The van der Waals surface area contributed by atoms with Gasteiger partial charge in [-0.3, -0.25) is 4.79 Å². The zero-order chi connectivity index (χ0) is 11.5. The molecule has 2 rings (SSSR count). The molecule has 0 unspecified atom stereocenters. The summed E-state index contributed by atoms with van der Waals surface area (Å²) in [5.74, 6) is 1.01. The van der Waals surface area contributed by atoms with Gasteiger partial charge in [-0.25, -0.2) is 0 Å². The summed E-state index contributed by atoms with van der Waals surface area (Å²) in [6.45, 7) is 3.93. The average molecular weight is 219 g/mol. The van der Waals surface area contributed by atoms with Crippen molar-refractivity contribution in [2.24, 2.45) is 0 Å². The SMILES string of the molecule is Cc1cc(N[C@H]2CCCCC2=O)nnc1C. The van der Waals surface area contributed by atoms with E-state index in [4.69, 9.17) is 0 Å². The van der Waals surface area contributed by atoms with Gasteiger partial charge >= 0.3 is 0 Å². The molecule has 1 N–H and O–H groups in total. The minimum absolute atomic E-state index is 0.0647. The second-order valence-electron chi connectivity index (χ2n) is 4.41. The smallest absolute Gasteiger partial charge is 0.155 e. The van der Waals surface area contributed by atoms with Gasteiger partial charge in [0.05, 0.1) is 11.7 Å². The van der Waals surface area contributed by atoms with Crippen molar-refractivity contribution in [1.29, 1.82) is 0 Å². The van der Waals surface area contributed by atoms with Gasteiger partial charge in [0.1, 0.15) is 5.82 Å². The van der Waals surface area contributed by atoms with Crippen molar-refractivity contribution < 1.29 is 4.79 Å². The van der Waals surface area contributed by atoms with E-state index < -0.39 is 0 Å². The number of carbonyl (C=O) groups excluding carboxylic acids is 1. The molecule has 0 bridgehead atoms. The van der Waals surface area contributed by atoms with Crippen molar-refractivity contribution in [2.75, 3.05) is 5.32 Å². The van der Waals surface area contributed by atoms with E-state index in [1.165, 1.54) is 0 Å². The lowest BCUT2D eigenvalue weighted by Gasteiger charge is -2.21. The molecule has 1 fully saturated rings. The molecule has 0 amide bonds. The van der Waals surface area contributed by atoms with Gasteiger partial charge in [0.25, 0.3) is 0 Å². The lowest BCUT2D eigenvalue weighted by molar-refractivity contribution is -0.121. The number of carbonyl (C=O) groups is 1. The van der Waals surface area contributed by atoms with Crippen molar-refractivity contribution >= 4 is 11.6 Å². The maximum atomic E-state index is 11.6. The first kappa shape index (κ1) is 11.0. The third-order valence-corrected chi connectivity index (χ3v) is 3.11. The van der Waals surface area contributed by atoms with E-state index in [0.717, 1.165) is 30.5 Å². The zero-order valence-electron chi connectivity index (χ0n) is 9.79. The summed E-state index contributed by atoms with van der Waals surface area (Å²) < 4.78 is 0. The third kappa shape index (κ3) is 2.38. The van der Waals surface area contributed by atoms with Gasteiger partial charge in [0.15, 0.2) is 5.78 Å². The summed E-state index contributed by atoms with van der Waals surface area (Å²) in [5.41, 5.74) is 2.03. The van der Waals surface area contributed by atoms with Crippen LogP contribution in [-0.4, -0.2) is 22.0 Å². The Kier molecular flexibility index (Phi) is 3.17. The van der Waals surface area contributed by atoms with Crippen molar-refractivity contribution in [3.8, 4) is 0 Å². The molecule has 1 saturated carbocycles. The molecule has 1 aromatic rings. The molecule has 1 aromatic heterocycles. The Bertz CT molecular complexity index is 403. The second-order valence-corrected chi connectivity index (χ2v) is 4.41. The van der Waals surface area contributed by atoms with Crippen LogP contribution in [0.4, 0.5) is 5.82 Å². The van der Waals surface area contributed by atoms with Gasteiger partial charge < -0.3 is 5.32 Å². The molecule has 0 aromatic carbocycles. The number of nitrogens with zero attached hydrogens (tertiary/aromatic N) is 2. The molecular formula is C12H17N3O. The minimum atomic E-state index is -0.0647. The Labute approximate surface area is 95.5 Å². The van der Waals surface area contributed by atoms with E-state index >= 15 is 0 Å². The Balaban J connectivity index is 2.08. The normalized spacial score (nSPS) is 20.9. The van der Waals surface area contributed by atoms with Crippen LogP contribution in [0.5, 0.6) is 0 Å². The van der Waals surface area contributed by atoms with Crippen LogP contribution < -0.4 is 5.32 Å². The molecule has 0 aliphatic heterocycles. The number of Topliss-reactive ketones (excluding diaryl/α,β-unsaturated/α-hetero) is 1. The van der Waals surface area contributed by atoms with Crippen LogP contribution in [0.2, 0.25) is 0 Å². The molecule has 1 aliphatic rings. The maximum Gasteiger partial charge on any atom is 0.155 e. The molecule has 4 heteroatoms. The maximum absolute atomic E-state index is 11.6. The van der Waals surface area contributed by atoms with Crippen LogP contribution in [-0.2, 0) is 4.79 Å². The standard InChI is InChI=1S/C12H17N3O/c1-8-7-12(15-14-9(8)2)13-10-5-3-4-6-11(10)16/h7,10H,3-6H2,1-2H3,(H,13,15)/t10-/m0/s1. The highest BCUT2D eigenvalue weighted by atomic mass is 16.1. The summed E-state index contributed by atoms with van der Waals surface area (Å²) in [6, 6.07) is 1.88. The van der Waals surface area contributed by atoms with E-state index in [2.05, 4.69) is 15.5 Å². The first-order chi connectivity index (χ1) is 7.66. The van der Waals surface area contributed by atoms with Gasteiger partial charge in [-0.05, 0) is 38.3 Å². The van der Waals surface area contributed by atoms with E-state index in [1.54, 1.807) is 0 Å². The molecule has 0 radical (unpaired) electrons. The first-order valence-electron chi connectivity index (χ1n) is 5.77. The third-order valence-electron chi connectivity index (χ3n) is 3.11. The van der Waals surface area contributed by atoms with Gasteiger partial charge in [-0.15, -0.1) is 5.10 Å². The lowest BCUT2D eigenvalue weighted by atomic mass is 9.94. The van der Waals surface area contributed by atoms with Crippen LogP contribution in [0.3, 0.4) is 0 Å². The highest BCUT2D eigenvalue weighted by Crippen LogP contribution is 2.18. The Morgan fingerprint density at radius 2 is 2.12 bits per heavy atom. The first-order valence-corrected chi connectivity index (χ1v) is 5.77. The number of nitrogens with one attached hydrogen (secondary N) is 1. The largest absolute Gasteiger partial charge is 0.359 e. The van der Waals surface area contributed by atoms with Crippen LogP contribution in [0.25, 0.3) is 0 Å². The second kappa shape index (κ2) is 4.60. The van der Waals surface area contributed by atoms with Crippen molar-refractivity contribution in [2.45, 2.75) is 45.6 Å². The highest BCUT2D eigenvalue weighted by Gasteiger charge is 2.22. The topological polar surface area (TPSA) is 54.9 Å². The monoisotopic (exact) mass is 219 g/mol. The Morgan fingerprint density at radius 3 is 2.81 bits per heavy atom. The van der Waals surface area contributed by atoms with Crippen LogP contribution >= 0.6 is 0 Å². The van der Waals surface area contributed by atoms with Gasteiger partial charge in [-0.1, -0.05) is 6.42 Å². The van der Waals surface area contributed by atoms with E-state index in [9.17, 15) is 4.79 Å². The predicted octanol–water partition coefficient (Wildman–Crippen LogP) is 2.02. The number of aryl methyl sites for hydroxylation is 2. The molecule has 1 aliphatic carbocycles. The summed E-state index contributed by atoms with van der Waals surface area (Å²) >= 11 is 0. The lowest BCUT2D eigenvalue weighted by Crippen LogP contribution is -2.32. The van der Waals surface area contributed by atoms with E-state index in [1.807, 2.05) is 19.9 Å². The fourth-order valence-corrected chi connectivity index (χ4v) is 1.93. The Hall–Kier alpha value is -1.45. The molecule has 1 heterocycles. The molecule has 16 heavy (non-hydrogen) atoms. The predicted molar refractivity (Wildman–Crippen MR) is 62.4 cm³/mol. The molecule has 86 valence electrons. The summed E-state index contributed by atoms with van der Waals surface area (Å²) in [4.78, 5) is 11.6. The molecule has 0 spiro atoms. The average Bonchev–Trinajstić information content (AvgIpc) is 2.27. The summed E-state index contributed by atoms with van der Waals surface area (Å²) in [7, 11) is 0. The van der Waals surface area contributed by atoms with Crippen LogP contribution in [0.15, 0.2) is 6.07 Å². The summed E-state index contributed by atoms with van der Waals surface area (Å²) in [5, 5.41) is 11.3. The number of ketones is 1. The summed E-state index contributed by atoms with van der Waals surface area (Å²) in [6.07, 6.45) is 3.74. The highest BCUT2D eigenvalue weighted by molar-refractivity contribution is 5.87. The number of hydrogen-bond donors (Lipinski definition) is 1. The van der Waals surface area contributed by atoms with Gasteiger partial charge in [0, 0.05) is 6.42 Å². The number of aromatic nitrogens is 2. The van der Waals surface area contributed by atoms with Gasteiger partial charge in [0.2, 0.25) is 0 Å². The quantitative estimate of drug-likeness (QED) is 0.826. The Morgan fingerprint density at radius 1 is 1.31 bits per heavy atom. The van der Waals surface area contributed by atoms with E-state index in [0.29, 0.717) is 18.0 Å². The van der Waals surface area contributed by atoms with Crippen molar-refractivity contribution in [3.05, 3.63) is 17.3 Å².